The van der Waals surface area contributed by atoms with Crippen LogP contribution in [-0.4, -0.2) is 16.4 Å². The van der Waals surface area contributed by atoms with E-state index in [9.17, 15) is 0 Å². The second-order valence-electron chi connectivity index (χ2n) is 9.44. The molecule has 2 aromatic carbocycles. The molecule has 2 nitrogen and oxygen atoms in total. The minimum Gasteiger partial charge on any atom is -0.361 e. The molecule has 0 amide bonds. The number of fused-ring (bicyclic) bond motifs is 2. The molecule has 3 aliphatic rings. The fourth-order valence-corrected chi connectivity index (χ4v) is 6.30. The van der Waals surface area contributed by atoms with E-state index >= 15 is 0 Å². The number of aryl methyl sites for hydroxylation is 1. The molecule has 2 aliphatic carbocycles. The fourth-order valence-electron chi connectivity index (χ4n) is 6.30. The highest BCUT2D eigenvalue weighted by molar-refractivity contribution is 5.87. The molecule has 3 unspecified atom stereocenters. The maximum absolute atomic E-state index is 3.50. The Morgan fingerprint density at radius 2 is 1.89 bits per heavy atom. The van der Waals surface area contributed by atoms with Crippen LogP contribution < -0.4 is 0 Å². The Morgan fingerprint density at radius 3 is 2.71 bits per heavy atom. The van der Waals surface area contributed by atoms with Gasteiger partial charge in [-0.25, -0.2) is 0 Å². The number of aromatic amines is 1. The first-order valence-corrected chi connectivity index (χ1v) is 11.2. The van der Waals surface area contributed by atoms with Crippen LogP contribution in [0.5, 0.6) is 0 Å². The van der Waals surface area contributed by atoms with Crippen LogP contribution in [0.4, 0.5) is 0 Å². The number of aromatic nitrogens is 1. The normalized spacial score (nSPS) is 27.5. The average Bonchev–Trinajstić information content (AvgIpc) is 3.11. The first-order chi connectivity index (χ1) is 13.8. The fraction of sp³-hybridized carbons (Fsp3) is 0.462. The second-order valence-corrected chi connectivity index (χ2v) is 9.44. The first kappa shape index (κ1) is 16.9. The molecule has 0 spiro atoms. The molecule has 3 atom stereocenters. The van der Waals surface area contributed by atoms with E-state index in [1.807, 2.05) is 0 Å². The van der Waals surface area contributed by atoms with Crippen LogP contribution in [0.1, 0.15) is 66.3 Å². The van der Waals surface area contributed by atoms with Crippen LogP contribution in [-0.2, 0) is 6.54 Å². The summed E-state index contributed by atoms with van der Waals surface area (Å²) < 4.78 is 0. The van der Waals surface area contributed by atoms with Gasteiger partial charge in [0.05, 0.1) is 0 Å². The first-order valence-electron chi connectivity index (χ1n) is 11.2. The van der Waals surface area contributed by atoms with Crippen LogP contribution in [0.2, 0.25) is 0 Å². The van der Waals surface area contributed by atoms with Crippen molar-refractivity contribution >= 4 is 10.9 Å². The van der Waals surface area contributed by atoms with Crippen molar-refractivity contribution in [1.29, 1.82) is 0 Å². The molecule has 6 rings (SSSR count). The molecule has 2 heterocycles. The Hall–Kier alpha value is -2.06. The third kappa shape index (κ3) is 2.65. The third-order valence-electron chi connectivity index (χ3n) is 7.69. The van der Waals surface area contributed by atoms with Gasteiger partial charge in [0.2, 0.25) is 0 Å². The molecule has 1 aliphatic heterocycles. The van der Waals surface area contributed by atoms with Gasteiger partial charge in [0, 0.05) is 36.2 Å². The van der Waals surface area contributed by atoms with E-state index in [1.54, 1.807) is 11.1 Å². The molecule has 1 N–H and O–H groups in total. The van der Waals surface area contributed by atoms with E-state index in [0.29, 0.717) is 6.04 Å². The lowest BCUT2D eigenvalue weighted by molar-refractivity contribution is 0.215. The summed E-state index contributed by atoms with van der Waals surface area (Å²) in [4.78, 5) is 6.33. The lowest BCUT2D eigenvalue weighted by atomic mass is 9.89. The molecule has 3 aromatic rings. The van der Waals surface area contributed by atoms with Crippen molar-refractivity contribution in [2.24, 2.45) is 11.8 Å². The molecule has 0 radical (unpaired) electrons. The van der Waals surface area contributed by atoms with Crippen molar-refractivity contribution in [3.05, 3.63) is 70.9 Å². The summed E-state index contributed by atoms with van der Waals surface area (Å²) in [6.45, 7) is 4.64. The van der Waals surface area contributed by atoms with E-state index in [1.165, 1.54) is 60.7 Å². The molecule has 1 saturated heterocycles. The summed E-state index contributed by atoms with van der Waals surface area (Å²) in [5.74, 6) is 2.53. The highest BCUT2D eigenvalue weighted by Crippen LogP contribution is 2.51. The minimum atomic E-state index is 0.594. The van der Waals surface area contributed by atoms with Gasteiger partial charge in [0.25, 0.3) is 0 Å². The molecular weight excluding hydrogens is 340 g/mol. The minimum absolute atomic E-state index is 0.594. The summed E-state index contributed by atoms with van der Waals surface area (Å²) in [5, 5.41) is 1.46. The monoisotopic (exact) mass is 370 g/mol. The molecule has 28 heavy (non-hydrogen) atoms. The van der Waals surface area contributed by atoms with Crippen LogP contribution >= 0.6 is 0 Å². The number of likely N-dealkylation sites (tertiary alicyclic amines) is 1. The van der Waals surface area contributed by atoms with Crippen LogP contribution in [0.15, 0.2) is 48.7 Å². The summed E-state index contributed by atoms with van der Waals surface area (Å²) in [5.41, 5.74) is 7.51. The van der Waals surface area contributed by atoms with Crippen molar-refractivity contribution in [1.82, 2.24) is 9.88 Å². The largest absolute Gasteiger partial charge is 0.361 e. The molecule has 3 fully saturated rings. The number of benzene rings is 2. The Balaban J connectivity index is 1.43. The van der Waals surface area contributed by atoms with Gasteiger partial charge in [0.1, 0.15) is 0 Å². The Bertz CT molecular complexity index is 998. The predicted molar refractivity (Wildman–Crippen MR) is 115 cm³/mol. The maximum atomic E-state index is 3.50. The van der Waals surface area contributed by atoms with Crippen molar-refractivity contribution in [2.75, 3.05) is 6.54 Å². The summed E-state index contributed by atoms with van der Waals surface area (Å²) in [6.07, 6.45) is 9.13. The van der Waals surface area contributed by atoms with Crippen LogP contribution in [0.25, 0.3) is 10.9 Å². The molecule has 2 heteroatoms. The summed E-state index contributed by atoms with van der Waals surface area (Å²) in [6, 6.07) is 16.7. The molecule has 1 aromatic heterocycles. The summed E-state index contributed by atoms with van der Waals surface area (Å²) >= 11 is 0. The van der Waals surface area contributed by atoms with Crippen molar-refractivity contribution in [3.63, 3.8) is 0 Å². The topological polar surface area (TPSA) is 19.0 Å². The number of hydrogen-bond donors (Lipinski definition) is 1. The Kier molecular flexibility index (Phi) is 3.91. The molecule has 2 saturated carbocycles. The standard InChI is InChI=1S/C26H30N2/c1-17-14-23(18-10-11-18)24(22-12-13-27-25(17)22)16-28-15-20-8-5-9-21(20)26(28)19-6-3-2-4-7-19/h2-4,6-7,12-14,18,20-21,26-27H,5,8-11,15-16H2,1H3. The lowest BCUT2D eigenvalue weighted by Crippen LogP contribution is -2.26. The van der Waals surface area contributed by atoms with Gasteiger partial charge in [-0.05, 0) is 78.7 Å². The number of hydrogen-bond acceptors (Lipinski definition) is 1. The number of H-pyrrole nitrogens is 1. The quantitative estimate of drug-likeness (QED) is 0.569. The lowest BCUT2D eigenvalue weighted by Gasteiger charge is -2.29. The number of nitrogens with one attached hydrogen (secondary N) is 1. The maximum Gasteiger partial charge on any atom is 0.0487 e. The van der Waals surface area contributed by atoms with Crippen molar-refractivity contribution < 1.29 is 0 Å². The zero-order chi connectivity index (χ0) is 18.7. The third-order valence-corrected chi connectivity index (χ3v) is 7.69. The van der Waals surface area contributed by atoms with E-state index in [2.05, 4.69) is 65.5 Å². The van der Waals surface area contributed by atoms with Crippen molar-refractivity contribution in [2.45, 2.75) is 57.5 Å². The van der Waals surface area contributed by atoms with Gasteiger partial charge in [0.15, 0.2) is 0 Å². The zero-order valence-corrected chi connectivity index (χ0v) is 16.8. The highest BCUT2D eigenvalue weighted by Gasteiger charge is 2.45. The zero-order valence-electron chi connectivity index (χ0n) is 16.8. The van der Waals surface area contributed by atoms with E-state index in [0.717, 1.165) is 24.3 Å². The average molecular weight is 371 g/mol. The number of rotatable bonds is 4. The Labute approximate surface area is 168 Å². The molecule has 144 valence electrons. The van der Waals surface area contributed by atoms with Gasteiger partial charge in [-0.15, -0.1) is 0 Å². The van der Waals surface area contributed by atoms with Gasteiger partial charge < -0.3 is 4.98 Å². The van der Waals surface area contributed by atoms with Crippen molar-refractivity contribution in [3.8, 4) is 0 Å². The van der Waals surface area contributed by atoms with Gasteiger partial charge >= 0.3 is 0 Å². The van der Waals surface area contributed by atoms with E-state index < -0.39 is 0 Å². The van der Waals surface area contributed by atoms with Gasteiger partial charge in [-0.2, -0.15) is 0 Å². The molecular formula is C26H30N2. The van der Waals surface area contributed by atoms with Crippen LogP contribution in [0.3, 0.4) is 0 Å². The summed E-state index contributed by atoms with van der Waals surface area (Å²) in [7, 11) is 0. The van der Waals surface area contributed by atoms with E-state index in [-0.39, 0.29) is 0 Å². The smallest absolute Gasteiger partial charge is 0.0487 e. The van der Waals surface area contributed by atoms with Gasteiger partial charge in [-0.1, -0.05) is 42.8 Å². The number of nitrogens with zero attached hydrogens (tertiary/aromatic N) is 1. The predicted octanol–water partition coefficient (Wildman–Crippen LogP) is 6.33. The Morgan fingerprint density at radius 1 is 1.04 bits per heavy atom. The van der Waals surface area contributed by atoms with E-state index in [4.69, 9.17) is 0 Å². The SMILES string of the molecule is Cc1cc(C2CC2)c(CN2CC3CCCC3C2c2ccccc2)c2cc[nH]c12. The van der Waals surface area contributed by atoms with Gasteiger partial charge in [-0.3, -0.25) is 4.90 Å². The second kappa shape index (κ2) is 6.49. The highest BCUT2D eigenvalue weighted by atomic mass is 15.2. The molecule has 0 bridgehead atoms. The van der Waals surface area contributed by atoms with Crippen LogP contribution in [0, 0.1) is 18.8 Å².